The molecule has 0 saturated carbocycles. The maximum Gasteiger partial charge on any atom is 0.0463 e. The van der Waals surface area contributed by atoms with E-state index in [2.05, 4.69) is 323 Å². The predicted molar refractivity (Wildman–Crippen MR) is 296 cm³/mol. The zero-order valence-corrected chi connectivity index (χ0v) is 38.7. The zero-order chi connectivity index (χ0) is 46.9. The van der Waals surface area contributed by atoms with Gasteiger partial charge in [0.1, 0.15) is 0 Å². The summed E-state index contributed by atoms with van der Waals surface area (Å²) < 4.78 is 0. The van der Waals surface area contributed by atoms with Crippen LogP contribution in [-0.4, -0.2) is 0 Å². The van der Waals surface area contributed by atoms with Crippen LogP contribution in [-0.2, 0) is 0 Å². The van der Waals surface area contributed by atoms with Crippen molar-refractivity contribution >= 4 is 68.2 Å². The monoisotopic (exact) mass is 898 g/mol. The Morgan fingerprint density at radius 1 is 0.114 bits per heavy atom. The highest BCUT2D eigenvalue weighted by atomic mass is 15.2. The molecule has 0 aromatic heterocycles. The molecule has 70 heavy (non-hydrogen) atoms. The Labute approximate surface area is 411 Å². The van der Waals surface area contributed by atoms with Gasteiger partial charge in [0.2, 0.25) is 0 Å². The minimum Gasteiger partial charge on any atom is -0.311 e. The molecule has 0 aliphatic carbocycles. The Kier molecular flexibility index (Phi) is 12.5. The van der Waals surface area contributed by atoms with Crippen molar-refractivity contribution in [1.29, 1.82) is 0 Å². The molecule has 0 aliphatic rings. The van der Waals surface area contributed by atoms with Gasteiger partial charge in [0.15, 0.2) is 0 Å². The molecule has 4 nitrogen and oxygen atoms in total. The molecular weight excluding hydrogens is 849 g/mol. The maximum atomic E-state index is 2.34. The lowest BCUT2D eigenvalue weighted by atomic mass is 10.00. The summed E-state index contributed by atoms with van der Waals surface area (Å²) in [6.07, 6.45) is 0. The van der Waals surface area contributed by atoms with E-state index < -0.39 is 0 Å². The summed E-state index contributed by atoms with van der Waals surface area (Å²) in [5, 5.41) is 0. The van der Waals surface area contributed by atoms with Crippen molar-refractivity contribution in [1.82, 2.24) is 0 Å². The highest BCUT2D eigenvalue weighted by molar-refractivity contribution is 5.85. The largest absolute Gasteiger partial charge is 0.311 e. The molecule has 0 fully saturated rings. The molecule has 0 amide bonds. The Hall–Kier alpha value is -9.38. The van der Waals surface area contributed by atoms with Crippen LogP contribution in [0.1, 0.15) is 0 Å². The molecule has 334 valence electrons. The fourth-order valence-corrected chi connectivity index (χ4v) is 9.22. The summed E-state index contributed by atoms with van der Waals surface area (Å²) in [6, 6.07) is 108. The SMILES string of the molecule is c1ccc(-c2ccc(-c3ccc(N(c4ccc(N(c5ccccc5)c5ccccc5)cc4)c4ccc(N(c5ccccc5)c5ccc(N(c6ccccc6)c6ccccc6)cc5)cc4)cc3)cc2)cc1. The van der Waals surface area contributed by atoms with Crippen LogP contribution < -0.4 is 19.6 Å². The summed E-state index contributed by atoms with van der Waals surface area (Å²) in [6.45, 7) is 0. The highest BCUT2D eigenvalue weighted by Crippen LogP contribution is 2.43. The van der Waals surface area contributed by atoms with E-state index in [0.29, 0.717) is 0 Å². The molecule has 0 N–H and O–H groups in total. The van der Waals surface area contributed by atoms with Crippen LogP contribution in [0.3, 0.4) is 0 Å². The zero-order valence-electron chi connectivity index (χ0n) is 38.7. The van der Waals surface area contributed by atoms with Crippen molar-refractivity contribution in [3.63, 3.8) is 0 Å². The lowest BCUT2D eigenvalue weighted by molar-refractivity contribution is 1.24. The fourth-order valence-electron chi connectivity index (χ4n) is 9.22. The molecular formula is C66H50N4. The van der Waals surface area contributed by atoms with E-state index >= 15 is 0 Å². The van der Waals surface area contributed by atoms with Crippen LogP contribution >= 0.6 is 0 Å². The molecule has 0 atom stereocenters. The Morgan fingerprint density at radius 3 is 0.443 bits per heavy atom. The first-order valence-electron chi connectivity index (χ1n) is 23.8. The molecule has 11 aromatic rings. The Balaban J connectivity index is 0.953. The van der Waals surface area contributed by atoms with Gasteiger partial charge < -0.3 is 19.6 Å². The van der Waals surface area contributed by atoms with Gasteiger partial charge in [-0.2, -0.15) is 0 Å². The summed E-state index contributed by atoms with van der Waals surface area (Å²) in [7, 11) is 0. The fraction of sp³-hybridized carbons (Fsp3) is 0. The van der Waals surface area contributed by atoms with E-state index in [1.54, 1.807) is 0 Å². The average molecular weight is 899 g/mol. The number of rotatable bonds is 14. The molecule has 0 radical (unpaired) electrons. The summed E-state index contributed by atoms with van der Waals surface area (Å²) in [5.74, 6) is 0. The van der Waals surface area contributed by atoms with Crippen LogP contribution in [0.4, 0.5) is 68.2 Å². The quantitative estimate of drug-likeness (QED) is 0.108. The van der Waals surface area contributed by atoms with Crippen LogP contribution in [0.5, 0.6) is 0 Å². The molecule has 0 spiro atoms. The number of anilines is 12. The topological polar surface area (TPSA) is 13.0 Å². The molecule has 4 heteroatoms. The lowest BCUT2D eigenvalue weighted by Crippen LogP contribution is -2.13. The third-order valence-electron chi connectivity index (χ3n) is 12.6. The molecule has 11 rings (SSSR count). The first kappa shape index (κ1) is 43.2. The van der Waals surface area contributed by atoms with E-state index in [-0.39, 0.29) is 0 Å². The van der Waals surface area contributed by atoms with E-state index in [4.69, 9.17) is 0 Å². The van der Waals surface area contributed by atoms with E-state index in [0.717, 1.165) is 73.8 Å². The molecule has 0 heterocycles. The van der Waals surface area contributed by atoms with E-state index in [1.165, 1.54) is 16.7 Å². The van der Waals surface area contributed by atoms with Gasteiger partial charge in [-0.3, -0.25) is 0 Å². The van der Waals surface area contributed by atoms with Gasteiger partial charge in [0.05, 0.1) is 0 Å². The first-order chi connectivity index (χ1) is 34.7. The van der Waals surface area contributed by atoms with Crippen LogP contribution in [0.2, 0.25) is 0 Å². The van der Waals surface area contributed by atoms with Crippen molar-refractivity contribution < 1.29 is 0 Å². The van der Waals surface area contributed by atoms with Crippen molar-refractivity contribution in [2.45, 2.75) is 0 Å². The summed E-state index contributed by atoms with van der Waals surface area (Å²) in [5.41, 5.74) is 17.7. The number of benzene rings is 11. The number of hydrogen-bond donors (Lipinski definition) is 0. The Morgan fingerprint density at radius 2 is 0.243 bits per heavy atom. The van der Waals surface area contributed by atoms with Crippen LogP contribution in [0.15, 0.2) is 303 Å². The maximum absolute atomic E-state index is 2.34. The Bertz CT molecular complexity index is 3270. The number of para-hydroxylation sites is 5. The molecule has 0 unspecified atom stereocenters. The van der Waals surface area contributed by atoms with E-state index in [9.17, 15) is 0 Å². The minimum atomic E-state index is 1.05. The second-order valence-electron chi connectivity index (χ2n) is 17.1. The highest BCUT2D eigenvalue weighted by Gasteiger charge is 2.19. The van der Waals surface area contributed by atoms with Gasteiger partial charge in [0.25, 0.3) is 0 Å². The smallest absolute Gasteiger partial charge is 0.0463 e. The number of nitrogens with zero attached hydrogens (tertiary/aromatic N) is 4. The second kappa shape index (κ2) is 20.2. The van der Waals surface area contributed by atoms with Crippen molar-refractivity contribution in [3.05, 3.63) is 303 Å². The van der Waals surface area contributed by atoms with Gasteiger partial charge in [0, 0.05) is 68.2 Å². The third kappa shape index (κ3) is 9.31. The third-order valence-corrected chi connectivity index (χ3v) is 12.6. The standard InChI is InChI=1S/C66H50N4/c1-7-19-51(20-8-1)52-31-33-53(34-32-52)54-35-37-60(38-36-54)70(65-47-41-62(42-48-65)68(57-25-13-4-14-26-57)58-27-15-5-16-28-58)66-49-45-64(46-50-66)69(59-29-17-6-18-30-59)63-43-39-61(40-44-63)67(55-21-9-2-10-22-55)56-23-11-3-12-24-56/h1-50H. The van der Waals surface area contributed by atoms with Gasteiger partial charge in [-0.25, -0.2) is 0 Å². The number of hydrogen-bond acceptors (Lipinski definition) is 4. The lowest BCUT2D eigenvalue weighted by Gasteiger charge is -2.30. The average Bonchev–Trinajstić information content (AvgIpc) is 3.44. The summed E-state index contributed by atoms with van der Waals surface area (Å²) in [4.78, 5) is 9.25. The van der Waals surface area contributed by atoms with Crippen molar-refractivity contribution in [2.75, 3.05) is 19.6 Å². The van der Waals surface area contributed by atoms with Gasteiger partial charge in [-0.1, -0.05) is 158 Å². The van der Waals surface area contributed by atoms with E-state index in [1.807, 2.05) is 0 Å². The van der Waals surface area contributed by atoms with Gasteiger partial charge in [-0.05, 0) is 168 Å². The van der Waals surface area contributed by atoms with Crippen molar-refractivity contribution in [2.24, 2.45) is 0 Å². The summed E-state index contributed by atoms with van der Waals surface area (Å²) >= 11 is 0. The second-order valence-corrected chi connectivity index (χ2v) is 17.1. The van der Waals surface area contributed by atoms with Crippen LogP contribution in [0, 0.1) is 0 Å². The molecule has 11 aromatic carbocycles. The molecule has 0 aliphatic heterocycles. The predicted octanol–water partition coefficient (Wildman–Crippen LogP) is 18.9. The molecule has 0 saturated heterocycles. The van der Waals surface area contributed by atoms with Crippen molar-refractivity contribution in [3.8, 4) is 22.3 Å². The van der Waals surface area contributed by atoms with Gasteiger partial charge >= 0.3 is 0 Å². The van der Waals surface area contributed by atoms with Crippen LogP contribution in [0.25, 0.3) is 22.3 Å². The first-order valence-corrected chi connectivity index (χ1v) is 23.8. The minimum absolute atomic E-state index is 1.05. The normalized spacial score (nSPS) is 10.9. The van der Waals surface area contributed by atoms with Gasteiger partial charge in [-0.15, -0.1) is 0 Å². The molecule has 0 bridgehead atoms.